The molecule has 0 aliphatic carbocycles. The van der Waals surface area contributed by atoms with Crippen LogP contribution >= 0.6 is 11.6 Å². The fourth-order valence-corrected chi connectivity index (χ4v) is 3.34. The van der Waals surface area contributed by atoms with Gasteiger partial charge in [0.15, 0.2) is 0 Å². The molecule has 1 amide bonds. The van der Waals surface area contributed by atoms with Crippen molar-refractivity contribution in [3.05, 3.63) is 29.5 Å². The summed E-state index contributed by atoms with van der Waals surface area (Å²) in [5.74, 6) is 1.32. The normalized spacial score (nSPS) is 15.9. The number of pyridine rings is 2. The molecule has 1 fully saturated rings. The highest BCUT2D eigenvalue weighted by Gasteiger charge is 2.23. The summed E-state index contributed by atoms with van der Waals surface area (Å²) in [6, 6.07) is 5.73. The van der Waals surface area contributed by atoms with Crippen LogP contribution in [0.25, 0.3) is 10.9 Å². The van der Waals surface area contributed by atoms with Gasteiger partial charge in [0.1, 0.15) is 16.6 Å². The quantitative estimate of drug-likeness (QED) is 0.819. The number of nitrogens with zero attached hydrogens (tertiary/aromatic N) is 3. The molecule has 2 aromatic heterocycles. The molecule has 140 valence electrons. The molecule has 0 atom stereocenters. The zero-order valence-electron chi connectivity index (χ0n) is 15.5. The summed E-state index contributed by atoms with van der Waals surface area (Å²) < 4.78 is 5.29. The van der Waals surface area contributed by atoms with Gasteiger partial charge in [0, 0.05) is 37.3 Å². The summed E-state index contributed by atoms with van der Waals surface area (Å²) in [6.45, 7) is 7.97. The number of alkyl carbamates (subject to hydrolysis) is 1. The Morgan fingerprint density at radius 1 is 1.38 bits per heavy atom. The van der Waals surface area contributed by atoms with Crippen molar-refractivity contribution in [2.45, 2.75) is 39.2 Å². The second-order valence-electron chi connectivity index (χ2n) is 7.65. The van der Waals surface area contributed by atoms with E-state index >= 15 is 0 Å². The molecular weight excluding hydrogens is 352 g/mol. The van der Waals surface area contributed by atoms with E-state index in [-0.39, 0.29) is 6.09 Å². The van der Waals surface area contributed by atoms with Crippen LogP contribution in [0.15, 0.2) is 24.4 Å². The van der Waals surface area contributed by atoms with E-state index < -0.39 is 5.60 Å². The molecule has 7 heteroatoms. The van der Waals surface area contributed by atoms with Crippen LogP contribution in [0.3, 0.4) is 0 Å². The highest BCUT2D eigenvalue weighted by atomic mass is 35.5. The number of carbonyl (C=O) groups excluding carboxylic acids is 1. The Balaban J connectivity index is 1.58. The van der Waals surface area contributed by atoms with Crippen molar-refractivity contribution in [2.24, 2.45) is 5.92 Å². The minimum Gasteiger partial charge on any atom is -0.444 e. The molecule has 0 spiro atoms. The Hall–Kier alpha value is -2.08. The standard InChI is InChI=1S/C19H25ClN4O2/c1-19(2,3)26-18(25)22-12-13-6-9-24(10-7-13)17-14-5-4-8-21-15(14)11-16(20)23-17/h4-5,8,11,13H,6-7,9-10,12H2,1-3H3,(H,22,25). The maximum Gasteiger partial charge on any atom is 0.407 e. The number of aromatic nitrogens is 2. The van der Waals surface area contributed by atoms with Crippen molar-refractivity contribution in [3.8, 4) is 0 Å². The third kappa shape index (κ3) is 4.75. The molecule has 3 rings (SSSR count). The average Bonchev–Trinajstić information content (AvgIpc) is 2.58. The Labute approximate surface area is 158 Å². The molecule has 0 radical (unpaired) electrons. The summed E-state index contributed by atoms with van der Waals surface area (Å²) in [6.07, 6.45) is 3.36. The number of fused-ring (bicyclic) bond motifs is 1. The molecule has 6 nitrogen and oxygen atoms in total. The number of hydrogen-bond acceptors (Lipinski definition) is 5. The van der Waals surface area contributed by atoms with Crippen LogP contribution in [0, 0.1) is 5.92 Å². The van der Waals surface area contributed by atoms with E-state index in [0.29, 0.717) is 17.6 Å². The summed E-state index contributed by atoms with van der Waals surface area (Å²) in [5, 5.41) is 4.35. The van der Waals surface area contributed by atoms with E-state index in [4.69, 9.17) is 16.3 Å². The highest BCUT2D eigenvalue weighted by molar-refractivity contribution is 6.30. The Morgan fingerprint density at radius 2 is 2.12 bits per heavy atom. The number of piperidine rings is 1. The third-order valence-electron chi connectivity index (χ3n) is 4.40. The molecule has 0 saturated carbocycles. The first-order chi connectivity index (χ1) is 12.3. The van der Waals surface area contributed by atoms with Gasteiger partial charge in [0.05, 0.1) is 5.52 Å². The largest absolute Gasteiger partial charge is 0.444 e. The van der Waals surface area contributed by atoms with Gasteiger partial charge in [0.25, 0.3) is 0 Å². The Bertz CT molecular complexity index is 783. The van der Waals surface area contributed by atoms with Gasteiger partial charge in [-0.1, -0.05) is 11.6 Å². The predicted molar refractivity (Wildman–Crippen MR) is 104 cm³/mol. The fraction of sp³-hybridized carbons (Fsp3) is 0.526. The summed E-state index contributed by atoms with van der Waals surface area (Å²) in [4.78, 5) is 22.9. The lowest BCUT2D eigenvalue weighted by molar-refractivity contribution is 0.0517. The van der Waals surface area contributed by atoms with Gasteiger partial charge >= 0.3 is 6.09 Å². The van der Waals surface area contributed by atoms with Crippen molar-refractivity contribution in [2.75, 3.05) is 24.5 Å². The van der Waals surface area contributed by atoms with Gasteiger partial charge < -0.3 is 15.0 Å². The van der Waals surface area contributed by atoms with Crippen LogP contribution in [0.4, 0.5) is 10.6 Å². The molecule has 1 N–H and O–H groups in total. The molecule has 0 unspecified atom stereocenters. The third-order valence-corrected chi connectivity index (χ3v) is 4.59. The summed E-state index contributed by atoms with van der Waals surface area (Å²) in [5.41, 5.74) is 0.386. The summed E-state index contributed by atoms with van der Waals surface area (Å²) in [7, 11) is 0. The van der Waals surface area contributed by atoms with Crippen LogP contribution < -0.4 is 10.2 Å². The lowest BCUT2D eigenvalue weighted by atomic mass is 9.96. The van der Waals surface area contributed by atoms with Gasteiger partial charge in [-0.15, -0.1) is 0 Å². The van der Waals surface area contributed by atoms with E-state index in [2.05, 4.69) is 20.2 Å². The number of nitrogens with one attached hydrogen (secondary N) is 1. The second kappa shape index (κ2) is 7.66. The predicted octanol–water partition coefficient (Wildman–Crippen LogP) is 4.02. The van der Waals surface area contributed by atoms with Crippen LogP contribution in [0.1, 0.15) is 33.6 Å². The topological polar surface area (TPSA) is 67.3 Å². The lowest BCUT2D eigenvalue weighted by Crippen LogP contribution is -2.40. The van der Waals surface area contributed by atoms with Gasteiger partial charge in [-0.2, -0.15) is 0 Å². The molecule has 2 aromatic rings. The van der Waals surface area contributed by atoms with Crippen molar-refractivity contribution >= 4 is 34.4 Å². The van der Waals surface area contributed by atoms with Gasteiger partial charge in [-0.05, 0) is 51.7 Å². The summed E-state index contributed by atoms with van der Waals surface area (Å²) >= 11 is 6.17. The second-order valence-corrected chi connectivity index (χ2v) is 8.04. The first-order valence-corrected chi connectivity index (χ1v) is 9.33. The van der Waals surface area contributed by atoms with Crippen molar-refractivity contribution in [1.29, 1.82) is 0 Å². The van der Waals surface area contributed by atoms with Crippen molar-refractivity contribution in [1.82, 2.24) is 15.3 Å². The molecule has 1 saturated heterocycles. The van der Waals surface area contributed by atoms with Gasteiger partial charge in [-0.3, -0.25) is 4.98 Å². The van der Waals surface area contributed by atoms with Crippen molar-refractivity contribution < 1.29 is 9.53 Å². The number of carbonyl (C=O) groups is 1. The van der Waals surface area contributed by atoms with Gasteiger partial charge in [-0.25, -0.2) is 9.78 Å². The van der Waals surface area contributed by atoms with Crippen molar-refractivity contribution in [3.63, 3.8) is 0 Å². The SMILES string of the molecule is CC(C)(C)OC(=O)NCC1CCN(c2nc(Cl)cc3ncccc23)CC1. The van der Waals surface area contributed by atoms with Crippen LogP contribution in [0.2, 0.25) is 5.15 Å². The maximum atomic E-state index is 11.8. The number of rotatable bonds is 3. The van der Waals surface area contributed by atoms with Crippen LogP contribution in [0.5, 0.6) is 0 Å². The number of ether oxygens (including phenoxy) is 1. The number of amides is 1. The molecular formula is C19H25ClN4O2. The first kappa shape index (κ1) is 18.7. The minimum absolute atomic E-state index is 0.353. The van der Waals surface area contributed by atoms with E-state index in [1.54, 1.807) is 12.3 Å². The zero-order valence-corrected chi connectivity index (χ0v) is 16.2. The fourth-order valence-electron chi connectivity index (χ4n) is 3.16. The van der Waals surface area contributed by atoms with E-state index in [1.165, 1.54) is 0 Å². The van der Waals surface area contributed by atoms with E-state index in [0.717, 1.165) is 42.7 Å². The maximum absolute atomic E-state index is 11.8. The molecule has 1 aliphatic rings. The number of anilines is 1. The van der Waals surface area contributed by atoms with E-state index in [1.807, 2.05) is 32.9 Å². The Morgan fingerprint density at radius 3 is 2.81 bits per heavy atom. The number of hydrogen-bond donors (Lipinski definition) is 1. The minimum atomic E-state index is -0.471. The van der Waals surface area contributed by atoms with Crippen LogP contribution in [-0.4, -0.2) is 41.3 Å². The lowest BCUT2D eigenvalue weighted by Gasteiger charge is -2.33. The highest BCUT2D eigenvalue weighted by Crippen LogP contribution is 2.29. The van der Waals surface area contributed by atoms with Crippen LogP contribution in [-0.2, 0) is 4.74 Å². The monoisotopic (exact) mass is 376 g/mol. The molecule has 1 aliphatic heterocycles. The molecule has 0 bridgehead atoms. The van der Waals surface area contributed by atoms with E-state index in [9.17, 15) is 4.79 Å². The zero-order chi connectivity index (χ0) is 18.7. The number of halogens is 1. The molecule has 26 heavy (non-hydrogen) atoms. The molecule has 3 heterocycles. The smallest absolute Gasteiger partial charge is 0.407 e. The average molecular weight is 377 g/mol. The first-order valence-electron chi connectivity index (χ1n) is 8.95. The van der Waals surface area contributed by atoms with Gasteiger partial charge in [0.2, 0.25) is 0 Å². The molecule has 0 aromatic carbocycles. The Kier molecular flexibility index (Phi) is 5.51.